The van der Waals surface area contributed by atoms with E-state index < -0.39 is 0 Å². The zero-order valence-electron chi connectivity index (χ0n) is 13.5. The van der Waals surface area contributed by atoms with Crippen molar-refractivity contribution in [2.75, 3.05) is 11.5 Å². The standard InChI is InChI=1S/C16H18N6S2/c1-10(2)13-17-15(20-18-13)23-8-12-9-24-16-21-19-14(22(12)16)11-6-4-3-5-7-11/h3-7,10,12H,8-9H2,1-2H3,(H,17,18,20)/t12-/m1/s1. The van der Waals surface area contributed by atoms with Gasteiger partial charge < -0.3 is 0 Å². The SMILES string of the molecule is CC(C)c1nc(SC[C@@H]2CSc3nnc(-c4ccccc4)n32)n[nH]1. The lowest BCUT2D eigenvalue weighted by Crippen LogP contribution is -2.11. The maximum absolute atomic E-state index is 4.54. The topological polar surface area (TPSA) is 72.3 Å². The van der Waals surface area contributed by atoms with Crippen molar-refractivity contribution < 1.29 is 0 Å². The third kappa shape index (κ3) is 2.95. The van der Waals surface area contributed by atoms with Gasteiger partial charge in [0.1, 0.15) is 5.82 Å². The molecule has 24 heavy (non-hydrogen) atoms. The van der Waals surface area contributed by atoms with Crippen LogP contribution in [0.5, 0.6) is 0 Å². The molecule has 0 spiro atoms. The van der Waals surface area contributed by atoms with Gasteiger partial charge in [-0.3, -0.25) is 9.67 Å². The first-order valence-electron chi connectivity index (χ1n) is 7.90. The summed E-state index contributed by atoms with van der Waals surface area (Å²) in [7, 11) is 0. The number of aromatic amines is 1. The van der Waals surface area contributed by atoms with E-state index in [1.165, 1.54) is 0 Å². The predicted molar refractivity (Wildman–Crippen MR) is 96.4 cm³/mol. The highest BCUT2D eigenvalue weighted by Gasteiger charge is 2.28. The van der Waals surface area contributed by atoms with Gasteiger partial charge in [-0.25, -0.2) is 4.98 Å². The Morgan fingerprint density at radius 2 is 2.12 bits per heavy atom. The van der Waals surface area contributed by atoms with E-state index in [1.54, 1.807) is 23.5 Å². The number of hydrogen-bond acceptors (Lipinski definition) is 6. The fraction of sp³-hybridized carbons (Fsp3) is 0.375. The molecule has 3 heterocycles. The van der Waals surface area contributed by atoms with Crippen molar-refractivity contribution in [1.29, 1.82) is 0 Å². The van der Waals surface area contributed by atoms with Gasteiger partial charge in [0, 0.05) is 23.0 Å². The molecule has 0 aliphatic carbocycles. The fourth-order valence-electron chi connectivity index (χ4n) is 2.61. The summed E-state index contributed by atoms with van der Waals surface area (Å²) in [5.74, 6) is 4.17. The number of nitrogens with one attached hydrogen (secondary N) is 1. The molecule has 8 heteroatoms. The quantitative estimate of drug-likeness (QED) is 0.702. The molecular formula is C16H18N6S2. The monoisotopic (exact) mass is 358 g/mol. The Balaban J connectivity index is 1.52. The van der Waals surface area contributed by atoms with Crippen LogP contribution in [0.25, 0.3) is 11.4 Å². The minimum absolute atomic E-state index is 0.348. The molecule has 0 unspecified atom stereocenters. The highest BCUT2D eigenvalue weighted by Crippen LogP contribution is 2.38. The summed E-state index contributed by atoms with van der Waals surface area (Å²) in [6, 6.07) is 10.6. The normalized spacial score (nSPS) is 16.7. The lowest BCUT2D eigenvalue weighted by Gasteiger charge is -2.13. The van der Waals surface area contributed by atoms with Gasteiger partial charge >= 0.3 is 0 Å². The van der Waals surface area contributed by atoms with Crippen LogP contribution in [0.15, 0.2) is 40.6 Å². The molecule has 3 aromatic rings. The Bertz CT molecular complexity index is 826. The third-order valence-electron chi connectivity index (χ3n) is 3.90. The molecule has 124 valence electrons. The van der Waals surface area contributed by atoms with Gasteiger partial charge in [-0.2, -0.15) is 0 Å². The number of H-pyrrole nitrogens is 1. The van der Waals surface area contributed by atoms with E-state index in [2.05, 4.69) is 55.9 Å². The van der Waals surface area contributed by atoms with Crippen LogP contribution in [0, 0.1) is 0 Å². The fourth-order valence-corrected chi connectivity index (χ4v) is 4.72. The molecule has 0 saturated carbocycles. The van der Waals surface area contributed by atoms with Crippen molar-refractivity contribution in [3.05, 3.63) is 36.2 Å². The minimum Gasteiger partial charge on any atom is -0.297 e. The maximum atomic E-state index is 4.54. The number of fused-ring (bicyclic) bond motifs is 1. The van der Waals surface area contributed by atoms with Gasteiger partial charge in [0.2, 0.25) is 5.16 Å². The maximum Gasteiger partial charge on any atom is 0.208 e. The predicted octanol–water partition coefficient (Wildman–Crippen LogP) is 3.63. The average molecular weight is 358 g/mol. The van der Waals surface area contributed by atoms with E-state index in [4.69, 9.17) is 0 Å². The van der Waals surface area contributed by atoms with Crippen molar-refractivity contribution in [1.82, 2.24) is 29.9 Å². The number of benzene rings is 1. The second kappa shape index (κ2) is 6.60. The summed E-state index contributed by atoms with van der Waals surface area (Å²) in [4.78, 5) is 4.54. The van der Waals surface area contributed by atoms with Gasteiger partial charge in [0.15, 0.2) is 11.0 Å². The molecule has 1 aliphatic heterocycles. The summed E-state index contributed by atoms with van der Waals surface area (Å²) in [6.45, 7) is 4.22. The second-order valence-corrected chi connectivity index (χ2v) is 7.95. The van der Waals surface area contributed by atoms with Crippen LogP contribution in [0.1, 0.15) is 31.6 Å². The highest BCUT2D eigenvalue weighted by atomic mass is 32.2. The molecule has 6 nitrogen and oxygen atoms in total. The molecule has 1 N–H and O–H groups in total. The van der Waals surface area contributed by atoms with Gasteiger partial charge in [-0.15, -0.1) is 15.3 Å². The summed E-state index contributed by atoms with van der Waals surface area (Å²) < 4.78 is 2.25. The van der Waals surface area contributed by atoms with E-state index in [-0.39, 0.29) is 0 Å². The number of rotatable bonds is 5. The average Bonchev–Trinajstić information content (AvgIpc) is 3.30. The number of thioether (sulfide) groups is 2. The second-order valence-electron chi connectivity index (χ2n) is 5.98. The Kier molecular flexibility index (Phi) is 4.32. The van der Waals surface area contributed by atoms with Crippen molar-refractivity contribution in [3.63, 3.8) is 0 Å². The van der Waals surface area contributed by atoms with E-state index in [0.717, 1.165) is 39.0 Å². The number of nitrogens with zero attached hydrogens (tertiary/aromatic N) is 5. The van der Waals surface area contributed by atoms with Gasteiger partial charge in [-0.1, -0.05) is 67.7 Å². The smallest absolute Gasteiger partial charge is 0.208 e. The Hall–Kier alpha value is -1.80. The van der Waals surface area contributed by atoms with E-state index in [9.17, 15) is 0 Å². The van der Waals surface area contributed by atoms with Crippen LogP contribution in [-0.2, 0) is 0 Å². The van der Waals surface area contributed by atoms with Crippen LogP contribution in [0.4, 0.5) is 0 Å². The van der Waals surface area contributed by atoms with E-state index in [0.29, 0.717) is 12.0 Å². The van der Waals surface area contributed by atoms with Crippen molar-refractivity contribution in [2.45, 2.75) is 36.1 Å². The minimum atomic E-state index is 0.348. The van der Waals surface area contributed by atoms with Crippen LogP contribution >= 0.6 is 23.5 Å². The summed E-state index contributed by atoms with van der Waals surface area (Å²) in [6.07, 6.45) is 0. The molecule has 1 aliphatic rings. The van der Waals surface area contributed by atoms with Crippen LogP contribution in [0.2, 0.25) is 0 Å². The lowest BCUT2D eigenvalue weighted by atomic mass is 10.2. The van der Waals surface area contributed by atoms with Crippen molar-refractivity contribution in [3.8, 4) is 11.4 Å². The molecule has 0 fully saturated rings. The third-order valence-corrected chi connectivity index (χ3v) is 5.98. The van der Waals surface area contributed by atoms with Crippen molar-refractivity contribution >= 4 is 23.5 Å². The first kappa shape index (κ1) is 15.7. The van der Waals surface area contributed by atoms with Gasteiger partial charge in [0.25, 0.3) is 0 Å². The first-order chi connectivity index (χ1) is 11.7. The van der Waals surface area contributed by atoms with E-state index >= 15 is 0 Å². The molecule has 1 atom stereocenters. The van der Waals surface area contributed by atoms with Crippen molar-refractivity contribution in [2.24, 2.45) is 0 Å². The summed E-state index contributed by atoms with van der Waals surface area (Å²) >= 11 is 3.45. The number of hydrogen-bond donors (Lipinski definition) is 1. The van der Waals surface area contributed by atoms with Gasteiger partial charge in [-0.05, 0) is 0 Å². The van der Waals surface area contributed by atoms with Crippen LogP contribution in [0.3, 0.4) is 0 Å². The molecular weight excluding hydrogens is 340 g/mol. The Morgan fingerprint density at radius 1 is 1.29 bits per heavy atom. The molecule has 1 aromatic carbocycles. The molecule has 0 amide bonds. The Morgan fingerprint density at radius 3 is 2.88 bits per heavy atom. The molecule has 0 radical (unpaired) electrons. The number of aromatic nitrogens is 6. The summed E-state index contributed by atoms with van der Waals surface area (Å²) in [5, 5.41) is 17.8. The Labute approximate surface area is 148 Å². The lowest BCUT2D eigenvalue weighted by molar-refractivity contribution is 0.596. The van der Waals surface area contributed by atoms with Gasteiger partial charge in [0.05, 0.1) is 6.04 Å². The molecule has 2 aromatic heterocycles. The zero-order valence-corrected chi connectivity index (χ0v) is 15.1. The van der Waals surface area contributed by atoms with E-state index in [1.807, 2.05) is 18.2 Å². The zero-order chi connectivity index (χ0) is 16.5. The molecule has 0 bridgehead atoms. The largest absolute Gasteiger partial charge is 0.297 e. The molecule has 4 rings (SSSR count). The highest BCUT2D eigenvalue weighted by molar-refractivity contribution is 8.00. The van der Waals surface area contributed by atoms with Crippen LogP contribution in [-0.4, -0.2) is 41.5 Å². The molecule has 0 saturated heterocycles. The first-order valence-corrected chi connectivity index (χ1v) is 9.87. The summed E-state index contributed by atoms with van der Waals surface area (Å²) in [5.41, 5.74) is 1.11. The van der Waals surface area contributed by atoms with Crippen LogP contribution < -0.4 is 0 Å².